The Balaban J connectivity index is 1.53. The van der Waals surface area contributed by atoms with Gasteiger partial charge in [-0.2, -0.15) is 0 Å². The average Bonchev–Trinajstić information content (AvgIpc) is 3.02. The fourth-order valence-corrected chi connectivity index (χ4v) is 5.60. The first kappa shape index (κ1) is 24.8. The summed E-state index contributed by atoms with van der Waals surface area (Å²) in [6, 6.07) is 35.9. The summed E-state index contributed by atoms with van der Waals surface area (Å²) >= 11 is 0. The second-order valence-electron chi connectivity index (χ2n) is 9.82. The lowest BCUT2D eigenvalue weighted by molar-refractivity contribution is 0.0527. The quantitative estimate of drug-likeness (QED) is 0.203. The van der Waals surface area contributed by atoms with Gasteiger partial charge in [-0.3, -0.25) is 0 Å². The van der Waals surface area contributed by atoms with Crippen molar-refractivity contribution in [2.45, 2.75) is 20.3 Å². The summed E-state index contributed by atoms with van der Waals surface area (Å²) in [6.45, 7) is 4.21. The van der Waals surface area contributed by atoms with E-state index in [2.05, 4.69) is 34.9 Å². The zero-order valence-corrected chi connectivity index (χ0v) is 22.8. The SMILES string of the molecule is CCOC(=O)c1cc(CC)c(N2c3ccccc3Oc3ccccc32)cc1N1c2ccccc2Oc2ccccc21. The third-order valence-corrected chi connectivity index (χ3v) is 7.42. The highest BCUT2D eigenvalue weighted by molar-refractivity contribution is 6.03. The number of carbonyl (C=O) groups is 1. The zero-order valence-electron chi connectivity index (χ0n) is 22.8. The molecule has 0 fully saturated rings. The molecule has 0 atom stereocenters. The molecule has 0 aliphatic carbocycles. The molecule has 0 amide bonds. The van der Waals surface area contributed by atoms with Crippen LogP contribution in [0.15, 0.2) is 109 Å². The van der Waals surface area contributed by atoms with E-state index in [0.717, 1.165) is 45.5 Å². The van der Waals surface area contributed by atoms with E-state index in [0.29, 0.717) is 29.2 Å². The Morgan fingerprint density at radius 1 is 0.585 bits per heavy atom. The van der Waals surface area contributed by atoms with Crippen LogP contribution >= 0.6 is 0 Å². The van der Waals surface area contributed by atoms with Gasteiger partial charge in [0.25, 0.3) is 0 Å². The van der Waals surface area contributed by atoms with Gasteiger partial charge in [-0.05, 0) is 79.6 Å². The largest absolute Gasteiger partial charge is 0.462 e. The molecule has 0 N–H and O–H groups in total. The molecular weight excluding hydrogens is 512 g/mol. The predicted molar refractivity (Wildman–Crippen MR) is 161 cm³/mol. The van der Waals surface area contributed by atoms with Crippen molar-refractivity contribution in [3.63, 3.8) is 0 Å². The Morgan fingerprint density at radius 3 is 1.41 bits per heavy atom. The highest BCUT2D eigenvalue weighted by Gasteiger charge is 2.33. The maximum atomic E-state index is 13.6. The summed E-state index contributed by atoms with van der Waals surface area (Å²) in [5, 5.41) is 0. The Labute approximate surface area is 238 Å². The van der Waals surface area contributed by atoms with Gasteiger partial charge in [-0.15, -0.1) is 0 Å². The van der Waals surface area contributed by atoms with Crippen LogP contribution < -0.4 is 19.3 Å². The summed E-state index contributed by atoms with van der Waals surface area (Å²) in [7, 11) is 0. The molecule has 41 heavy (non-hydrogen) atoms. The normalized spacial score (nSPS) is 12.7. The lowest BCUT2D eigenvalue weighted by atomic mass is 9.99. The molecule has 7 rings (SSSR count). The van der Waals surface area contributed by atoms with E-state index < -0.39 is 0 Å². The molecule has 0 aromatic heterocycles. The monoisotopic (exact) mass is 540 g/mol. The van der Waals surface area contributed by atoms with Crippen molar-refractivity contribution in [3.05, 3.63) is 120 Å². The van der Waals surface area contributed by atoms with Gasteiger partial charge in [-0.25, -0.2) is 4.79 Å². The van der Waals surface area contributed by atoms with E-state index in [9.17, 15) is 4.79 Å². The topological polar surface area (TPSA) is 51.2 Å². The van der Waals surface area contributed by atoms with Gasteiger partial charge in [0, 0.05) is 0 Å². The molecule has 5 aromatic rings. The number of carbonyl (C=O) groups excluding carboxylic acids is 1. The van der Waals surface area contributed by atoms with Crippen LogP contribution in [0.1, 0.15) is 29.8 Å². The molecule has 0 saturated carbocycles. The fraction of sp³-hybridized carbons (Fsp3) is 0.114. The summed E-state index contributed by atoms with van der Waals surface area (Å²) < 4.78 is 18.2. The molecule has 5 aromatic carbocycles. The van der Waals surface area contributed by atoms with E-state index in [-0.39, 0.29) is 12.6 Å². The Hall–Kier alpha value is -5.23. The number of benzene rings is 5. The van der Waals surface area contributed by atoms with E-state index in [4.69, 9.17) is 14.2 Å². The van der Waals surface area contributed by atoms with Crippen LogP contribution in [0.4, 0.5) is 34.1 Å². The van der Waals surface area contributed by atoms with Crippen molar-refractivity contribution in [2.24, 2.45) is 0 Å². The van der Waals surface area contributed by atoms with Crippen LogP contribution in [0.3, 0.4) is 0 Å². The summed E-state index contributed by atoms with van der Waals surface area (Å²) in [4.78, 5) is 17.9. The fourth-order valence-electron chi connectivity index (χ4n) is 5.60. The van der Waals surface area contributed by atoms with Crippen molar-refractivity contribution in [1.29, 1.82) is 0 Å². The maximum absolute atomic E-state index is 13.6. The minimum atomic E-state index is -0.368. The van der Waals surface area contributed by atoms with Crippen molar-refractivity contribution in [1.82, 2.24) is 0 Å². The Bertz CT molecular complexity index is 1710. The van der Waals surface area contributed by atoms with Gasteiger partial charge in [0.05, 0.1) is 46.3 Å². The Kier molecular flexibility index (Phi) is 6.08. The molecule has 202 valence electrons. The second kappa shape index (κ2) is 10.1. The Morgan fingerprint density at radius 2 is 1.00 bits per heavy atom. The standard InChI is InChI=1S/C35H28N2O4/c1-3-23-21-24(35(38)39-4-2)30(37-27-15-7-11-19-33(27)41-34-20-12-8-16-28(34)37)22-29(23)36-25-13-5-9-17-31(25)40-32-18-10-6-14-26(32)36/h5-22H,3-4H2,1-2H3. The predicted octanol–water partition coefficient (Wildman–Crippen LogP) is 9.58. The van der Waals surface area contributed by atoms with Crippen molar-refractivity contribution in [2.75, 3.05) is 16.4 Å². The lowest BCUT2D eigenvalue weighted by Gasteiger charge is -2.37. The van der Waals surface area contributed by atoms with Crippen LogP contribution in [0, 0.1) is 0 Å². The van der Waals surface area contributed by atoms with E-state index >= 15 is 0 Å². The summed E-state index contributed by atoms with van der Waals surface area (Å²) in [6.07, 6.45) is 0.708. The van der Waals surface area contributed by atoms with Crippen molar-refractivity contribution >= 4 is 40.1 Å². The number of rotatable bonds is 5. The number of para-hydroxylation sites is 8. The van der Waals surface area contributed by atoms with Crippen LogP contribution in [0.2, 0.25) is 0 Å². The highest BCUT2D eigenvalue weighted by atomic mass is 16.5. The molecule has 2 aliphatic heterocycles. The van der Waals surface area contributed by atoms with E-state index in [1.807, 2.05) is 97.9 Å². The summed E-state index contributed by atoms with van der Waals surface area (Å²) in [5.74, 6) is 2.60. The highest BCUT2D eigenvalue weighted by Crippen LogP contribution is 2.55. The third-order valence-electron chi connectivity index (χ3n) is 7.42. The van der Waals surface area contributed by atoms with Crippen molar-refractivity contribution < 1.29 is 19.0 Å². The third kappa shape index (κ3) is 4.07. The molecule has 0 bridgehead atoms. The molecule has 2 aliphatic rings. The molecule has 0 saturated heterocycles. The number of nitrogens with zero attached hydrogens (tertiary/aromatic N) is 2. The molecule has 2 heterocycles. The van der Waals surface area contributed by atoms with E-state index in [1.54, 1.807) is 0 Å². The van der Waals surface area contributed by atoms with Crippen LogP contribution in [0.5, 0.6) is 23.0 Å². The molecule has 6 heteroatoms. The van der Waals surface area contributed by atoms with Gasteiger partial charge in [-0.1, -0.05) is 55.5 Å². The number of esters is 1. The molecule has 0 radical (unpaired) electrons. The zero-order chi connectivity index (χ0) is 27.9. The number of fused-ring (bicyclic) bond motifs is 4. The van der Waals surface area contributed by atoms with Gasteiger partial charge >= 0.3 is 5.97 Å². The number of anilines is 6. The molecule has 6 nitrogen and oxygen atoms in total. The first-order valence-corrected chi connectivity index (χ1v) is 13.8. The molecular formula is C35H28N2O4. The van der Waals surface area contributed by atoms with Gasteiger partial charge < -0.3 is 24.0 Å². The number of hydrogen-bond donors (Lipinski definition) is 0. The smallest absolute Gasteiger partial charge is 0.340 e. The number of hydrogen-bond acceptors (Lipinski definition) is 6. The lowest BCUT2D eigenvalue weighted by Crippen LogP contribution is -2.22. The number of aryl methyl sites for hydroxylation is 1. The minimum absolute atomic E-state index is 0.280. The van der Waals surface area contributed by atoms with Crippen LogP contribution in [0.25, 0.3) is 0 Å². The maximum Gasteiger partial charge on any atom is 0.340 e. The van der Waals surface area contributed by atoms with E-state index in [1.165, 1.54) is 0 Å². The summed E-state index contributed by atoms with van der Waals surface area (Å²) in [5.41, 5.74) is 6.72. The average molecular weight is 541 g/mol. The first-order valence-electron chi connectivity index (χ1n) is 13.8. The van der Waals surface area contributed by atoms with Crippen molar-refractivity contribution in [3.8, 4) is 23.0 Å². The van der Waals surface area contributed by atoms with Crippen LogP contribution in [-0.2, 0) is 11.2 Å². The first-order chi connectivity index (χ1) is 20.2. The van der Waals surface area contributed by atoms with Gasteiger partial charge in [0.15, 0.2) is 23.0 Å². The van der Waals surface area contributed by atoms with Crippen LogP contribution in [-0.4, -0.2) is 12.6 Å². The second-order valence-corrected chi connectivity index (χ2v) is 9.82. The number of ether oxygens (including phenoxy) is 3. The minimum Gasteiger partial charge on any atom is -0.462 e. The van der Waals surface area contributed by atoms with Gasteiger partial charge in [0.2, 0.25) is 0 Å². The van der Waals surface area contributed by atoms with Gasteiger partial charge in [0.1, 0.15) is 0 Å². The molecule has 0 spiro atoms. The molecule has 0 unspecified atom stereocenters.